The average molecular weight is 351 g/mol. The zero-order valence-corrected chi connectivity index (χ0v) is 13.1. The monoisotopic (exact) mass is 351 g/mol. The molecule has 0 saturated heterocycles. The highest BCUT2D eigenvalue weighted by Crippen LogP contribution is 2.29. The second-order valence-corrected chi connectivity index (χ2v) is 5.50. The van der Waals surface area contributed by atoms with Crippen LogP contribution in [0.1, 0.15) is 17.0 Å². The first-order valence-corrected chi connectivity index (χ1v) is 7.34. The molecule has 3 rings (SSSR count). The first-order valence-electron chi connectivity index (χ1n) is 7.34. The predicted octanol–water partition coefficient (Wildman–Crippen LogP) is 3.55. The van der Waals surface area contributed by atoms with E-state index in [-0.39, 0.29) is 6.54 Å². The molecule has 0 aliphatic carbocycles. The lowest BCUT2D eigenvalue weighted by Gasteiger charge is -2.08. The largest absolute Gasteiger partial charge is 0.416 e. The third-order valence-corrected chi connectivity index (χ3v) is 3.67. The van der Waals surface area contributed by atoms with Gasteiger partial charge in [0.1, 0.15) is 11.6 Å². The lowest BCUT2D eigenvalue weighted by Crippen LogP contribution is -2.24. The molecule has 0 aliphatic rings. The molecule has 0 spiro atoms. The molecule has 8 heteroatoms. The van der Waals surface area contributed by atoms with Crippen molar-refractivity contribution in [3.05, 3.63) is 81.8 Å². The summed E-state index contributed by atoms with van der Waals surface area (Å²) in [4.78, 5) is 12.5. The van der Waals surface area contributed by atoms with Gasteiger partial charge in [0.05, 0.1) is 17.8 Å². The molecule has 0 unspecified atom stereocenters. The van der Waals surface area contributed by atoms with Crippen LogP contribution >= 0.6 is 0 Å². The smallest absolute Gasteiger partial charge is 0.247 e. The van der Waals surface area contributed by atoms with Gasteiger partial charge in [0.2, 0.25) is 0 Å². The van der Waals surface area contributed by atoms with Gasteiger partial charge in [0.25, 0.3) is 0 Å². The van der Waals surface area contributed by atoms with Crippen LogP contribution in [0, 0.1) is 12.7 Å². The van der Waals surface area contributed by atoms with E-state index in [0.717, 1.165) is 16.8 Å². The van der Waals surface area contributed by atoms with Crippen molar-refractivity contribution in [2.75, 3.05) is 0 Å². The van der Waals surface area contributed by atoms with Crippen molar-refractivity contribution >= 4 is 0 Å². The van der Waals surface area contributed by atoms with Crippen molar-refractivity contribution in [3.8, 4) is 5.69 Å². The van der Waals surface area contributed by atoms with Gasteiger partial charge in [-0.3, -0.25) is 0 Å². The van der Waals surface area contributed by atoms with Gasteiger partial charge >= 0.3 is 11.9 Å². The van der Waals surface area contributed by atoms with E-state index in [1.54, 1.807) is 6.92 Å². The van der Waals surface area contributed by atoms with Crippen molar-refractivity contribution in [2.45, 2.75) is 19.6 Å². The molecule has 0 atom stereocenters. The SMILES string of the molecule is Cc1nn(Cc2cccc(C(F)(F)F)c2)c(=O)n1-c1ccc(F)cc1. The number of aromatic nitrogens is 3. The van der Waals surface area contributed by atoms with Gasteiger partial charge in [-0.15, -0.1) is 0 Å². The fourth-order valence-electron chi connectivity index (χ4n) is 2.53. The molecule has 25 heavy (non-hydrogen) atoms. The molecule has 4 nitrogen and oxygen atoms in total. The molecule has 0 aliphatic heterocycles. The van der Waals surface area contributed by atoms with Crippen LogP contribution in [-0.4, -0.2) is 14.3 Å². The van der Waals surface area contributed by atoms with Crippen LogP contribution in [0.2, 0.25) is 0 Å². The summed E-state index contributed by atoms with van der Waals surface area (Å²) in [6, 6.07) is 10.0. The van der Waals surface area contributed by atoms with Crippen LogP contribution in [0.5, 0.6) is 0 Å². The maximum Gasteiger partial charge on any atom is 0.416 e. The highest BCUT2D eigenvalue weighted by molar-refractivity contribution is 5.32. The molecule has 0 N–H and O–H groups in total. The Bertz CT molecular complexity index is 955. The van der Waals surface area contributed by atoms with E-state index in [1.165, 1.54) is 41.0 Å². The molecule has 130 valence electrons. The number of nitrogens with zero attached hydrogens (tertiary/aromatic N) is 3. The predicted molar refractivity (Wildman–Crippen MR) is 83.1 cm³/mol. The third-order valence-electron chi connectivity index (χ3n) is 3.67. The number of hydrogen-bond acceptors (Lipinski definition) is 2. The van der Waals surface area contributed by atoms with Gasteiger partial charge in [-0.25, -0.2) is 18.4 Å². The Morgan fingerprint density at radius 1 is 1.08 bits per heavy atom. The molecule has 0 amide bonds. The van der Waals surface area contributed by atoms with E-state index in [1.807, 2.05) is 0 Å². The van der Waals surface area contributed by atoms with Crippen molar-refractivity contribution < 1.29 is 17.6 Å². The lowest BCUT2D eigenvalue weighted by atomic mass is 10.1. The molecule has 1 aromatic heterocycles. The fourth-order valence-corrected chi connectivity index (χ4v) is 2.53. The number of alkyl halides is 3. The van der Waals surface area contributed by atoms with Crippen molar-refractivity contribution in [2.24, 2.45) is 0 Å². The third kappa shape index (κ3) is 3.47. The summed E-state index contributed by atoms with van der Waals surface area (Å²) in [6.07, 6.45) is -4.45. The maximum absolute atomic E-state index is 13.0. The van der Waals surface area contributed by atoms with Crippen LogP contribution in [0.3, 0.4) is 0 Å². The second-order valence-electron chi connectivity index (χ2n) is 5.50. The van der Waals surface area contributed by atoms with Crippen LogP contribution in [0.4, 0.5) is 17.6 Å². The van der Waals surface area contributed by atoms with Crippen LogP contribution in [0.15, 0.2) is 53.3 Å². The minimum absolute atomic E-state index is 0.0994. The zero-order chi connectivity index (χ0) is 18.2. The summed E-state index contributed by atoms with van der Waals surface area (Å²) in [5, 5.41) is 4.09. The van der Waals surface area contributed by atoms with Gasteiger partial charge in [0, 0.05) is 0 Å². The maximum atomic E-state index is 13.0. The van der Waals surface area contributed by atoms with E-state index < -0.39 is 23.2 Å². The first kappa shape index (κ1) is 16.9. The van der Waals surface area contributed by atoms with Gasteiger partial charge in [0.15, 0.2) is 0 Å². The minimum atomic E-state index is -4.45. The van der Waals surface area contributed by atoms with Crippen molar-refractivity contribution in [1.82, 2.24) is 14.3 Å². The molecule has 0 fully saturated rings. The molecule has 2 aromatic carbocycles. The Morgan fingerprint density at radius 3 is 2.40 bits per heavy atom. The summed E-state index contributed by atoms with van der Waals surface area (Å²) >= 11 is 0. The fraction of sp³-hybridized carbons (Fsp3) is 0.176. The van der Waals surface area contributed by atoms with Gasteiger partial charge in [-0.05, 0) is 48.9 Å². The quantitative estimate of drug-likeness (QED) is 0.677. The normalized spacial score (nSPS) is 11.7. The summed E-state index contributed by atoms with van der Waals surface area (Å²) in [6.45, 7) is 1.49. The molecular weight excluding hydrogens is 338 g/mol. The number of rotatable bonds is 3. The highest BCUT2D eigenvalue weighted by Gasteiger charge is 2.30. The van der Waals surface area contributed by atoms with E-state index in [9.17, 15) is 22.4 Å². The molecule has 3 aromatic rings. The van der Waals surface area contributed by atoms with E-state index >= 15 is 0 Å². The molecule has 0 bridgehead atoms. The molecule has 0 saturated carbocycles. The Labute approximate surface area is 140 Å². The first-order chi connectivity index (χ1) is 11.8. The molecule has 0 radical (unpaired) electrons. The number of halogens is 4. The number of hydrogen-bond donors (Lipinski definition) is 0. The van der Waals surface area contributed by atoms with Gasteiger partial charge in [-0.2, -0.15) is 18.3 Å². The van der Waals surface area contributed by atoms with Crippen molar-refractivity contribution in [3.63, 3.8) is 0 Å². The Morgan fingerprint density at radius 2 is 1.76 bits per heavy atom. The molecular formula is C17H13F4N3O. The van der Waals surface area contributed by atoms with Crippen LogP contribution < -0.4 is 5.69 Å². The van der Waals surface area contributed by atoms with Crippen LogP contribution in [0.25, 0.3) is 5.69 Å². The molecule has 1 heterocycles. The summed E-state index contributed by atoms with van der Waals surface area (Å²) in [5.74, 6) is -0.0885. The minimum Gasteiger partial charge on any atom is -0.247 e. The summed E-state index contributed by atoms with van der Waals surface area (Å²) in [5.41, 5.74) is -0.561. The van der Waals surface area contributed by atoms with E-state index in [4.69, 9.17) is 0 Å². The van der Waals surface area contributed by atoms with Gasteiger partial charge in [-0.1, -0.05) is 12.1 Å². The van der Waals surface area contributed by atoms with Crippen LogP contribution in [-0.2, 0) is 12.7 Å². The summed E-state index contributed by atoms with van der Waals surface area (Å²) in [7, 11) is 0. The number of aryl methyl sites for hydroxylation is 1. The van der Waals surface area contributed by atoms with Crippen molar-refractivity contribution in [1.29, 1.82) is 0 Å². The topological polar surface area (TPSA) is 39.8 Å². The zero-order valence-electron chi connectivity index (χ0n) is 13.1. The highest BCUT2D eigenvalue weighted by atomic mass is 19.4. The Balaban J connectivity index is 1.96. The second kappa shape index (κ2) is 6.19. The average Bonchev–Trinajstić information content (AvgIpc) is 2.82. The van der Waals surface area contributed by atoms with Gasteiger partial charge < -0.3 is 0 Å². The van der Waals surface area contributed by atoms with E-state index in [0.29, 0.717) is 17.1 Å². The lowest BCUT2D eigenvalue weighted by molar-refractivity contribution is -0.137. The van der Waals surface area contributed by atoms with E-state index in [2.05, 4.69) is 5.10 Å². The summed E-state index contributed by atoms with van der Waals surface area (Å²) < 4.78 is 53.7. The Kier molecular flexibility index (Phi) is 4.20. The number of benzene rings is 2. The standard InChI is InChI=1S/C17H13F4N3O/c1-11-22-23(10-12-3-2-4-13(9-12)17(19,20)21)16(25)24(11)15-7-5-14(18)6-8-15/h2-9H,10H2,1H3. The Hall–Kier alpha value is -2.90.